The predicted molar refractivity (Wildman–Crippen MR) is 63.5 cm³/mol. The minimum absolute atomic E-state index is 0.0525. The van der Waals surface area contributed by atoms with Crippen LogP contribution in [0.4, 0.5) is 0 Å². The van der Waals surface area contributed by atoms with E-state index in [1.807, 2.05) is 25.7 Å². The molecule has 0 spiro atoms. The van der Waals surface area contributed by atoms with E-state index >= 15 is 0 Å². The second-order valence-corrected chi connectivity index (χ2v) is 4.79. The summed E-state index contributed by atoms with van der Waals surface area (Å²) in [5.41, 5.74) is 5.69. The molecule has 0 heterocycles. The number of carbonyl (C=O) groups is 1. The van der Waals surface area contributed by atoms with Crippen LogP contribution in [0, 0.1) is 0 Å². The van der Waals surface area contributed by atoms with E-state index in [1.165, 1.54) is 0 Å². The average Bonchev–Trinajstić information content (AvgIpc) is 2.22. The summed E-state index contributed by atoms with van der Waals surface area (Å²) in [6, 6.07) is -0.0703. The van der Waals surface area contributed by atoms with Crippen molar-refractivity contribution in [3.8, 4) is 0 Å². The highest BCUT2D eigenvalue weighted by Gasteiger charge is 2.20. The Balaban J connectivity index is 4.03. The summed E-state index contributed by atoms with van der Waals surface area (Å²) in [7, 11) is 1.83. The normalized spacial score (nSPS) is 14.9. The fraction of sp³-hybridized carbons (Fsp3) is 0.900. The monoisotopic (exact) mass is 218 g/mol. The number of nitrogens with zero attached hydrogens (tertiary/aromatic N) is 1. The topological polar surface area (TPSA) is 46.3 Å². The Morgan fingerprint density at radius 1 is 1.50 bits per heavy atom. The molecule has 0 aromatic rings. The van der Waals surface area contributed by atoms with E-state index in [0.29, 0.717) is 6.42 Å². The summed E-state index contributed by atoms with van der Waals surface area (Å²) in [6.45, 7) is 6.11. The first kappa shape index (κ1) is 13.8. The van der Waals surface area contributed by atoms with Crippen LogP contribution >= 0.6 is 11.8 Å². The molecular weight excluding hydrogens is 196 g/mol. The Morgan fingerprint density at radius 3 is 2.50 bits per heavy atom. The van der Waals surface area contributed by atoms with Gasteiger partial charge in [-0.3, -0.25) is 4.79 Å². The number of thioether (sulfide) groups is 1. The molecule has 14 heavy (non-hydrogen) atoms. The fourth-order valence-electron chi connectivity index (χ4n) is 1.05. The summed E-state index contributed by atoms with van der Waals surface area (Å²) in [5.74, 6) is 2.12. The zero-order valence-corrected chi connectivity index (χ0v) is 10.4. The molecule has 0 saturated carbocycles. The van der Waals surface area contributed by atoms with Crippen molar-refractivity contribution in [2.75, 3.05) is 18.6 Å². The number of hydrogen-bond acceptors (Lipinski definition) is 3. The highest BCUT2D eigenvalue weighted by molar-refractivity contribution is 7.99. The van der Waals surface area contributed by atoms with Crippen molar-refractivity contribution in [2.24, 2.45) is 5.73 Å². The molecule has 84 valence electrons. The fourth-order valence-corrected chi connectivity index (χ4v) is 1.85. The molecule has 0 radical (unpaired) electrons. The second kappa shape index (κ2) is 7.12. The Morgan fingerprint density at radius 2 is 2.07 bits per heavy atom. The average molecular weight is 218 g/mol. The van der Waals surface area contributed by atoms with E-state index in [-0.39, 0.29) is 18.0 Å². The lowest BCUT2D eigenvalue weighted by molar-refractivity contribution is -0.132. The van der Waals surface area contributed by atoms with Crippen molar-refractivity contribution in [2.45, 2.75) is 39.3 Å². The maximum atomic E-state index is 11.7. The van der Waals surface area contributed by atoms with Gasteiger partial charge in [0, 0.05) is 18.8 Å². The first-order valence-electron chi connectivity index (χ1n) is 5.14. The van der Waals surface area contributed by atoms with Gasteiger partial charge in [0.15, 0.2) is 0 Å². The molecule has 1 amide bonds. The Labute approximate surface area is 91.4 Å². The van der Waals surface area contributed by atoms with Crippen LogP contribution in [0.5, 0.6) is 0 Å². The highest BCUT2D eigenvalue weighted by atomic mass is 32.2. The molecule has 0 fully saturated rings. The first-order valence-corrected chi connectivity index (χ1v) is 6.30. The summed E-state index contributed by atoms with van der Waals surface area (Å²) >= 11 is 1.85. The van der Waals surface area contributed by atoms with E-state index in [0.717, 1.165) is 11.5 Å². The molecule has 1 unspecified atom stereocenters. The summed E-state index contributed by atoms with van der Waals surface area (Å²) in [6.07, 6.45) is 0.705. The molecule has 0 saturated heterocycles. The van der Waals surface area contributed by atoms with Gasteiger partial charge < -0.3 is 10.6 Å². The van der Waals surface area contributed by atoms with E-state index in [4.69, 9.17) is 5.73 Å². The maximum Gasteiger partial charge on any atom is 0.239 e. The van der Waals surface area contributed by atoms with Crippen molar-refractivity contribution in [1.82, 2.24) is 4.90 Å². The molecule has 0 aliphatic carbocycles. The summed E-state index contributed by atoms with van der Waals surface area (Å²) in [4.78, 5) is 13.4. The molecule has 0 bridgehead atoms. The van der Waals surface area contributed by atoms with Gasteiger partial charge >= 0.3 is 0 Å². The molecule has 0 aromatic carbocycles. The third-order valence-electron chi connectivity index (χ3n) is 2.33. The van der Waals surface area contributed by atoms with Gasteiger partial charge in [-0.15, -0.1) is 0 Å². The maximum absolute atomic E-state index is 11.7. The quantitative estimate of drug-likeness (QED) is 0.731. The van der Waals surface area contributed by atoms with Crippen LogP contribution in [0.25, 0.3) is 0 Å². The molecule has 2 atom stereocenters. The Bertz CT molecular complexity index is 176. The van der Waals surface area contributed by atoms with Gasteiger partial charge in [-0.1, -0.05) is 13.8 Å². The number of likely N-dealkylation sites (N-methyl/N-ethyl adjacent to an activating group) is 1. The first-order chi connectivity index (χ1) is 6.54. The molecule has 4 heteroatoms. The molecule has 2 N–H and O–H groups in total. The van der Waals surface area contributed by atoms with Crippen LogP contribution < -0.4 is 5.73 Å². The molecule has 0 rings (SSSR count). The Hall–Kier alpha value is -0.220. The third kappa shape index (κ3) is 4.33. The van der Waals surface area contributed by atoms with Crippen molar-refractivity contribution < 1.29 is 4.79 Å². The number of nitrogens with two attached hydrogens (primary N) is 1. The molecule has 3 nitrogen and oxygen atoms in total. The number of rotatable bonds is 6. The van der Waals surface area contributed by atoms with E-state index < -0.39 is 0 Å². The summed E-state index contributed by atoms with van der Waals surface area (Å²) < 4.78 is 0. The minimum atomic E-state index is -0.339. The molecule has 0 aliphatic rings. The van der Waals surface area contributed by atoms with Crippen LogP contribution in [0.3, 0.4) is 0 Å². The summed E-state index contributed by atoms with van der Waals surface area (Å²) in [5, 5.41) is 0. The number of hydrogen-bond donors (Lipinski definition) is 1. The van der Waals surface area contributed by atoms with Crippen molar-refractivity contribution in [3.63, 3.8) is 0 Å². The highest BCUT2D eigenvalue weighted by Crippen LogP contribution is 2.08. The van der Waals surface area contributed by atoms with E-state index in [1.54, 1.807) is 4.90 Å². The van der Waals surface area contributed by atoms with Crippen molar-refractivity contribution in [1.29, 1.82) is 0 Å². The molecule has 0 aliphatic heterocycles. The largest absolute Gasteiger partial charge is 0.341 e. The van der Waals surface area contributed by atoms with Crippen LogP contribution in [-0.4, -0.2) is 41.4 Å². The number of amides is 1. The van der Waals surface area contributed by atoms with Gasteiger partial charge in [0.25, 0.3) is 0 Å². The minimum Gasteiger partial charge on any atom is -0.341 e. The van der Waals surface area contributed by atoms with Crippen LogP contribution in [0.15, 0.2) is 0 Å². The zero-order valence-electron chi connectivity index (χ0n) is 9.62. The van der Waals surface area contributed by atoms with Gasteiger partial charge in [-0.2, -0.15) is 11.8 Å². The van der Waals surface area contributed by atoms with Crippen LogP contribution in [0.2, 0.25) is 0 Å². The second-order valence-electron chi connectivity index (χ2n) is 3.47. The standard InChI is InChI=1S/C10H22N2OS/c1-5-9(11)10(13)12(4)8(3)7-14-6-2/h8-9H,5-7,11H2,1-4H3/t8?,9-/m0/s1. The van der Waals surface area contributed by atoms with E-state index in [2.05, 4.69) is 13.8 Å². The Kier molecular flexibility index (Phi) is 7.01. The predicted octanol–water partition coefficient (Wildman–Crippen LogP) is 1.32. The molecule has 0 aromatic heterocycles. The number of carbonyl (C=O) groups excluding carboxylic acids is 1. The lowest BCUT2D eigenvalue weighted by Crippen LogP contribution is -2.46. The van der Waals surface area contributed by atoms with Gasteiger partial charge in [-0.05, 0) is 19.1 Å². The van der Waals surface area contributed by atoms with Crippen molar-refractivity contribution >= 4 is 17.7 Å². The lowest BCUT2D eigenvalue weighted by Gasteiger charge is -2.26. The van der Waals surface area contributed by atoms with Crippen LogP contribution in [-0.2, 0) is 4.79 Å². The van der Waals surface area contributed by atoms with Gasteiger partial charge in [-0.25, -0.2) is 0 Å². The lowest BCUT2D eigenvalue weighted by atomic mass is 10.2. The van der Waals surface area contributed by atoms with Gasteiger partial charge in [0.1, 0.15) is 0 Å². The van der Waals surface area contributed by atoms with Crippen LogP contribution in [0.1, 0.15) is 27.2 Å². The molecular formula is C10H22N2OS. The van der Waals surface area contributed by atoms with Gasteiger partial charge in [0.2, 0.25) is 5.91 Å². The SMILES string of the molecule is CCSCC(C)N(C)C(=O)[C@@H](N)CC. The van der Waals surface area contributed by atoms with E-state index in [9.17, 15) is 4.79 Å². The zero-order chi connectivity index (χ0) is 11.1. The third-order valence-corrected chi connectivity index (χ3v) is 3.46. The smallest absolute Gasteiger partial charge is 0.239 e. The van der Waals surface area contributed by atoms with Gasteiger partial charge in [0.05, 0.1) is 6.04 Å². The van der Waals surface area contributed by atoms with Crippen molar-refractivity contribution in [3.05, 3.63) is 0 Å².